The lowest BCUT2D eigenvalue weighted by molar-refractivity contribution is -0.125. The fourth-order valence-electron chi connectivity index (χ4n) is 4.72. The molecule has 0 radical (unpaired) electrons. The third-order valence-corrected chi connectivity index (χ3v) is 6.90. The number of benzene rings is 2. The molecule has 1 aliphatic carbocycles. The normalized spacial score (nSPS) is 18.9. The van der Waals surface area contributed by atoms with Gasteiger partial charge in [0.15, 0.2) is 0 Å². The minimum atomic E-state index is -0.593. The number of hydrogen-bond donors (Lipinski definition) is 0. The summed E-state index contributed by atoms with van der Waals surface area (Å²) in [5.41, 5.74) is 4.46. The first-order valence-electron chi connectivity index (χ1n) is 11.0. The average Bonchev–Trinajstić information content (AvgIpc) is 3.49. The van der Waals surface area contributed by atoms with E-state index in [0.29, 0.717) is 19.1 Å². The van der Waals surface area contributed by atoms with Gasteiger partial charge in [0.05, 0.1) is 5.54 Å². The van der Waals surface area contributed by atoms with E-state index in [0.717, 1.165) is 40.7 Å². The van der Waals surface area contributed by atoms with Crippen molar-refractivity contribution in [3.63, 3.8) is 0 Å². The first-order chi connectivity index (χ1) is 14.8. The zero-order valence-corrected chi connectivity index (χ0v) is 18.2. The lowest BCUT2D eigenvalue weighted by atomic mass is 9.90. The number of likely N-dealkylation sites (N-methyl/N-ethyl adjacent to an activating group) is 1. The van der Waals surface area contributed by atoms with Gasteiger partial charge in [-0.3, -0.25) is 14.5 Å². The summed E-state index contributed by atoms with van der Waals surface area (Å²) in [6, 6.07) is 14.4. The van der Waals surface area contributed by atoms with Gasteiger partial charge in [-0.05, 0) is 68.0 Å². The fraction of sp³-hybridized carbons (Fsp3) is 0.400. The van der Waals surface area contributed by atoms with Crippen molar-refractivity contribution in [2.75, 3.05) is 13.1 Å². The number of fused-ring (bicyclic) bond motifs is 1. The lowest BCUT2D eigenvalue weighted by Crippen LogP contribution is -2.44. The molecule has 0 atom stereocenters. The van der Waals surface area contributed by atoms with Crippen molar-refractivity contribution in [3.8, 4) is 11.1 Å². The molecule has 2 heterocycles. The van der Waals surface area contributed by atoms with Gasteiger partial charge in [-0.25, -0.2) is 4.79 Å². The summed E-state index contributed by atoms with van der Waals surface area (Å²) in [6.45, 7) is 6.96. The summed E-state index contributed by atoms with van der Waals surface area (Å²) in [5, 5.41) is 0. The Hall–Kier alpha value is -3.15. The number of nitrogens with zero attached hydrogens (tertiary/aromatic N) is 3. The number of carbonyl (C=O) groups excluding carboxylic acids is 3. The first kappa shape index (κ1) is 19.8. The molecule has 1 saturated heterocycles. The van der Waals surface area contributed by atoms with Crippen LogP contribution in [-0.2, 0) is 16.9 Å². The largest absolute Gasteiger partial charge is 0.331 e. The molecular weight excluding hydrogens is 390 g/mol. The standard InChI is InChI=1S/C25H27N3O3/c1-4-26-22(29)15-28(24(26)31)25(2,3)19-8-5-16(6-9-19)17-7-12-21-18(13-17)14-27(23(21)30)20-10-11-20/h5-9,12-13,20H,4,10-11,14-15H2,1-3H3. The molecule has 0 spiro atoms. The van der Waals surface area contributed by atoms with Crippen LogP contribution in [0.5, 0.6) is 0 Å². The van der Waals surface area contributed by atoms with Crippen molar-refractivity contribution in [3.05, 3.63) is 59.2 Å². The molecule has 4 amide bonds. The van der Waals surface area contributed by atoms with Crippen LogP contribution in [0.15, 0.2) is 42.5 Å². The molecule has 0 unspecified atom stereocenters. The van der Waals surface area contributed by atoms with E-state index in [1.165, 1.54) is 4.90 Å². The summed E-state index contributed by atoms with van der Waals surface area (Å²) < 4.78 is 0. The fourth-order valence-corrected chi connectivity index (χ4v) is 4.72. The number of hydrogen-bond acceptors (Lipinski definition) is 3. The average molecular weight is 418 g/mol. The predicted octanol–water partition coefficient (Wildman–Crippen LogP) is 3.99. The Kier molecular flexibility index (Phi) is 4.43. The maximum absolute atomic E-state index is 12.7. The van der Waals surface area contributed by atoms with Crippen molar-refractivity contribution >= 4 is 17.8 Å². The van der Waals surface area contributed by atoms with E-state index in [4.69, 9.17) is 0 Å². The van der Waals surface area contributed by atoms with E-state index in [1.807, 2.05) is 62.1 Å². The predicted molar refractivity (Wildman–Crippen MR) is 117 cm³/mol. The Balaban J connectivity index is 1.39. The summed E-state index contributed by atoms with van der Waals surface area (Å²) in [7, 11) is 0. The zero-order chi connectivity index (χ0) is 21.9. The smallest absolute Gasteiger partial charge is 0.327 e. The van der Waals surface area contributed by atoms with Crippen molar-refractivity contribution in [2.24, 2.45) is 0 Å². The van der Waals surface area contributed by atoms with Crippen LogP contribution in [0, 0.1) is 0 Å². The van der Waals surface area contributed by atoms with Crippen LogP contribution in [-0.4, -0.2) is 51.7 Å². The van der Waals surface area contributed by atoms with Gasteiger partial charge in [0.2, 0.25) is 5.91 Å². The molecular formula is C25H27N3O3. The summed E-state index contributed by atoms with van der Waals surface area (Å²) in [6.07, 6.45) is 2.23. The van der Waals surface area contributed by atoms with Crippen molar-refractivity contribution in [1.82, 2.24) is 14.7 Å². The van der Waals surface area contributed by atoms with Gasteiger partial charge >= 0.3 is 6.03 Å². The molecule has 160 valence electrons. The molecule has 0 bridgehead atoms. The van der Waals surface area contributed by atoms with Crippen LogP contribution in [0.4, 0.5) is 4.79 Å². The minimum Gasteiger partial charge on any atom is -0.331 e. The van der Waals surface area contributed by atoms with Gasteiger partial charge in [0, 0.05) is 24.7 Å². The second kappa shape index (κ2) is 6.94. The van der Waals surface area contributed by atoms with Crippen LogP contribution in [0.1, 0.15) is 55.1 Å². The number of rotatable bonds is 5. The summed E-state index contributed by atoms with van der Waals surface area (Å²) in [5.74, 6) is 0.0113. The van der Waals surface area contributed by atoms with E-state index in [2.05, 4.69) is 6.07 Å². The quantitative estimate of drug-likeness (QED) is 0.691. The van der Waals surface area contributed by atoms with Crippen molar-refractivity contribution in [2.45, 2.75) is 51.7 Å². The van der Waals surface area contributed by atoms with Crippen LogP contribution >= 0.6 is 0 Å². The van der Waals surface area contributed by atoms with E-state index >= 15 is 0 Å². The molecule has 2 aliphatic heterocycles. The zero-order valence-electron chi connectivity index (χ0n) is 18.2. The Morgan fingerprint density at radius 1 is 0.935 bits per heavy atom. The van der Waals surface area contributed by atoms with Gasteiger partial charge in [0.1, 0.15) is 6.54 Å². The molecule has 2 aromatic rings. The van der Waals surface area contributed by atoms with E-state index < -0.39 is 5.54 Å². The number of imide groups is 1. The molecule has 0 N–H and O–H groups in total. The lowest BCUT2D eigenvalue weighted by Gasteiger charge is -2.35. The van der Waals surface area contributed by atoms with Crippen molar-refractivity contribution < 1.29 is 14.4 Å². The van der Waals surface area contributed by atoms with Gasteiger partial charge in [-0.2, -0.15) is 0 Å². The Morgan fingerprint density at radius 3 is 2.23 bits per heavy atom. The van der Waals surface area contributed by atoms with Gasteiger partial charge in [0.25, 0.3) is 5.91 Å². The molecule has 6 heteroatoms. The molecule has 31 heavy (non-hydrogen) atoms. The van der Waals surface area contributed by atoms with E-state index in [1.54, 1.807) is 4.90 Å². The molecule has 6 nitrogen and oxygen atoms in total. The monoisotopic (exact) mass is 417 g/mol. The minimum absolute atomic E-state index is 0.109. The Labute approximate surface area is 182 Å². The van der Waals surface area contributed by atoms with Gasteiger partial charge in [-0.15, -0.1) is 0 Å². The topological polar surface area (TPSA) is 60.9 Å². The molecule has 2 aromatic carbocycles. The SMILES string of the molecule is CCN1C(=O)CN(C(C)(C)c2ccc(-c3ccc4c(c3)CN(C3CC3)C4=O)cc2)C1=O. The van der Waals surface area contributed by atoms with Crippen molar-refractivity contribution in [1.29, 1.82) is 0 Å². The second-order valence-corrected chi connectivity index (χ2v) is 9.18. The van der Waals surface area contributed by atoms with Crippen LogP contribution < -0.4 is 0 Å². The summed E-state index contributed by atoms with van der Waals surface area (Å²) >= 11 is 0. The van der Waals surface area contributed by atoms with Crippen LogP contribution in [0.25, 0.3) is 11.1 Å². The van der Waals surface area contributed by atoms with Gasteiger partial charge < -0.3 is 9.80 Å². The maximum atomic E-state index is 12.7. The molecule has 5 rings (SSSR count). The molecule has 0 aromatic heterocycles. The summed E-state index contributed by atoms with van der Waals surface area (Å²) in [4.78, 5) is 42.3. The van der Waals surface area contributed by atoms with Crippen LogP contribution in [0.2, 0.25) is 0 Å². The highest BCUT2D eigenvalue weighted by Crippen LogP contribution is 2.37. The highest BCUT2D eigenvalue weighted by molar-refractivity contribution is 6.02. The third-order valence-electron chi connectivity index (χ3n) is 6.90. The Morgan fingerprint density at radius 2 is 1.61 bits per heavy atom. The Bertz CT molecular complexity index is 1090. The second-order valence-electron chi connectivity index (χ2n) is 9.18. The number of amides is 4. The molecule has 1 saturated carbocycles. The first-order valence-corrected chi connectivity index (χ1v) is 11.0. The van der Waals surface area contributed by atoms with E-state index in [-0.39, 0.29) is 24.4 Å². The number of urea groups is 1. The number of carbonyl (C=O) groups is 3. The van der Waals surface area contributed by atoms with E-state index in [9.17, 15) is 14.4 Å². The maximum Gasteiger partial charge on any atom is 0.327 e. The molecule has 3 aliphatic rings. The highest BCUT2D eigenvalue weighted by atomic mass is 16.2. The van der Waals surface area contributed by atoms with Gasteiger partial charge in [-0.1, -0.05) is 30.3 Å². The highest BCUT2D eigenvalue weighted by Gasteiger charge is 2.43. The third kappa shape index (κ3) is 3.12. The van der Waals surface area contributed by atoms with Crippen LogP contribution in [0.3, 0.4) is 0 Å². The molecule has 2 fully saturated rings.